The highest BCUT2D eigenvalue weighted by Gasteiger charge is 2.05. The summed E-state index contributed by atoms with van der Waals surface area (Å²) in [4.78, 5) is 11.6. The molecule has 0 fully saturated rings. The van der Waals surface area contributed by atoms with Gasteiger partial charge in [-0.15, -0.1) is 0 Å². The Hall–Kier alpha value is 0. The number of halogens is 3. The molecule has 2 nitrogen and oxygen atoms in total. The molecule has 0 heterocycles. The van der Waals surface area contributed by atoms with E-state index in [1.165, 1.54) is 0 Å². The zero-order chi connectivity index (χ0) is 12.7. The van der Waals surface area contributed by atoms with Gasteiger partial charge >= 0.3 is 0 Å². The summed E-state index contributed by atoms with van der Waals surface area (Å²) in [7, 11) is 0. The van der Waals surface area contributed by atoms with Crippen molar-refractivity contribution in [1.29, 1.82) is 0 Å². The van der Waals surface area contributed by atoms with Crippen molar-refractivity contribution in [3.63, 3.8) is 0 Å². The van der Waals surface area contributed by atoms with Crippen LogP contribution in [0.15, 0.2) is 18.2 Å². The van der Waals surface area contributed by atoms with Crippen LogP contribution in [0.2, 0.25) is 10.0 Å². The molecular formula is C12H14Cl2INO. The monoisotopic (exact) mass is 385 g/mol. The molecule has 0 saturated carbocycles. The third-order valence-corrected chi connectivity index (χ3v) is 3.73. The number of carbonyl (C=O) groups excluding carboxylic acids is 1. The van der Waals surface area contributed by atoms with Gasteiger partial charge in [-0.05, 0) is 35.0 Å². The van der Waals surface area contributed by atoms with Crippen LogP contribution in [0.5, 0.6) is 0 Å². The molecule has 1 N–H and O–H groups in total. The predicted molar refractivity (Wildman–Crippen MR) is 81.3 cm³/mol. The summed E-state index contributed by atoms with van der Waals surface area (Å²) in [6.45, 7) is 0.739. The first-order valence-corrected chi connectivity index (χ1v) is 7.68. The minimum Gasteiger partial charge on any atom is -0.356 e. The molecule has 0 saturated heterocycles. The summed E-state index contributed by atoms with van der Waals surface area (Å²) in [5, 5.41) is 3.88. The van der Waals surface area contributed by atoms with Gasteiger partial charge in [0.25, 0.3) is 0 Å². The maximum absolute atomic E-state index is 11.6. The van der Waals surface area contributed by atoms with Crippen molar-refractivity contribution in [3.05, 3.63) is 33.8 Å². The van der Waals surface area contributed by atoms with Crippen LogP contribution in [0.25, 0.3) is 0 Å². The highest BCUT2D eigenvalue weighted by molar-refractivity contribution is 14.1. The molecule has 1 aromatic rings. The van der Waals surface area contributed by atoms with E-state index in [1.54, 1.807) is 12.1 Å². The van der Waals surface area contributed by atoms with Crippen molar-refractivity contribution in [3.8, 4) is 0 Å². The van der Waals surface area contributed by atoms with E-state index in [-0.39, 0.29) is 5.91 Å². The molecule has 17 heavy (non-hydrogen) atoms. The molecular weight excluding hydrogens is 372 g/mol. The van der Waals surface area contributed by atoms with Crippen LogP contribution in [0.4, 0.5) is 0 Å². The Morgan fingerprint density at radius 3 is 2.65 bits per heavy atom. The lowest BCUT2D eigenvalue weighted by Crippen LogP contribution is -2.26. The Balaban J connectivity index is 2.37. The number of benzene rings is 1. The second-order valence-electron chi connectivity index (χ2n) is 3.67. The first-order chi connectivity index (χ1) is 8.13. The standard InChI is InChI=1S/C12H14Cl2INO/c13-10-4-3-9(7-11(10)14)8-12(17)16-6-2-1-5-15/h3-4,7H,1-2,5-6,8H2,(H,16,17). The highest BCUT2D eigenvalue weighted by Crippen LogP contribution is 2.22. The SMILES string of the molecule is O=C(Cc1ccc(Cl)c(Cl)c1)NCCCCI. The molecule has 0 unspecified atom stereocenters. The van der Waals surface area contributed by atoms with Crippen molar-refractivity contribution in [2.75, 3.05) is 11.0 Å². The number of nitrogens with one attached hydrogen (secondary N) is 1. The number of rotatable bonds is 6. The average Bonchev–Trinajstić information content (AvgIpc) is 2.30. The number of unbranched alkanes of at least 4 members (excludes halogenated alkanes) is 1. The molecule has 1 aromatic carbocycles. The van der Waals surface area contributed by atoms with Crippen LogP contribution in [-0.4, -0.2) is 16.9 Å². The van der Waals surface area contributed by atoms with E-state index in [0.717, 1.165) is 29.4 Å². The number of hydrogen-bond donors (Lipinski definition) is 1. The Bertz CT molecular complexity index is 385. The number of amides is 1. The fourth-order valence-corrected chi connectivity index (χ4v) is 2.20. The fourth-order valence-electron chi connectivity index (χ4n) is 1.34. The molecule has 0 atom stereocenters. The summed E-state index contributed by atoms with van der Waals surface area (Å²) in [5.74, 6) is 0.0249. The minimum absolute atomic E-state index is 0.0249. The van der Waals surface area contributed by atoms with Crippen molar-refractivity contribution in [2.45, 2.75) is 19.3 Å². The zero-order valence-corrected chi connectivity index (χ0v) is 13.0. The van der Waals surface area contributed by atoms with E-state index in [4.69, 9.17) is 23.2 Å². The van der Waals surface area contributed by atoms with Crippen LogP contribution < -0.4 is 5.32 Å². The molecule has 1 rings (SSSR count). The lowest BCUT2D eigenvalue weighted by atomic mass is 10.1. The van der Waals surface area contributed by atoms with E-state index in [9.17, 15) is 4.79 Å². The molecule has 0 radical (unpaired) electrons. The van der Waals surface area contributed by atoms with E-state index in [1.807, 2.05) is 6.07 Å². The second-order valence-corrected chi connectivity index (χ2v) is 5.56. The van der Waals surface area contributed by atoms with Crippen LogP contribution in [0.3, 0.4) is 0 Å². The second kappa shape index (κ2) is 8.16. The predicted octanol–water partition coefficient (Wildman–Crippen LogP) is 3.87. The van der Waals surface area contributed by atoms with Crippen LogP contribution in [0, 0.1) is 0 Å². The zero-order valence-electron chi connectivity index (χ0n) is 9.31. The largest absolute Gasteiger partial charge is 0.356 e. The van der Waals surface area contributed by atoms with Crippen LogP contribution >= 0.6 is 45.8 Å². The van der Waals surface area contributed by atoms with E-state index >= 15 is 0 Å². The van der Waals surface area contributed by atoms with Crippen LogP contribution in [0.1, 0.15) is 18.4 Å². The van der Waals surface area contributed by atoms with Crippen molar-refractivity contribution < 1.29 is 4.79 Å². The maximum Gasteiger partial charge on any atom is 0.224 e. The fraction of sp³-hybridized carbons (Fsp3) is 0.417. The molecule has 94 valence electrons. The molecule has 0 bridgehead atoms. The van der Waals surface area contributed by atoms with Gasteiger partial charge in [-0.1, -0.05) is 51.9 Å². The normalized spacial score (nSPS) is 10.3. The van der Waals surface area contributed by atoms with Gasteiger partial charge in [-0.25, -0.2) is 0 Å². The van der Waals surface area contributed by atoms with Gasteiger partial charge in [0.1, 0.15) is 0 Å². The van der Waals surface area contributed by atoms with Crippen molar-refractivity contribution in [1.82, 2.24) is 5.32 Å². The van der Waals surface area contributed by atoms with E-state index < -0.39 is 0 Å². The molecule has 0 aliphatic carbocycles. The van der Waals surface area contributed by atoms with Gasteiger partial charge in [0.05, 0.1) is 16.5 Å². The third kappa shape index (κ3) is 5.93. The summed E-state index contributed by atoms with van der Waals surface area (Å²) in [6.07, 6.45) is 2.50. The summed E-state index contributed by atoms with van der Waals surface area (Å²) in [6, 6.07) is 5.26. The lowest BCUT2D eigenvalue weighted by molar-refractivity contribution is -0.120. The molecule has 0 aliphatic rings. The highest BCUT2D eigenvalue weighted by atomic mass is 127. The molecule has 0 spiro atoms. The Labute approximate surface area is 125 Å². The van der Waals surface area contributed by atoms with Gasteiger partial charge < -0.3 is 5.32 Å². The third-order valence-electron chi connectivity index (χ3n) is 2.23. The molecule has 5 heteroatoms. The minimum atomic E-state index is 0.0249. The quantitative estimate of drug-likeness (QED) is 0.449. The molecule has 0 aromatic heterocycles. The molecule has 0 aliphatic heterocycles. The van der Waals surface area contributed by atoms with E-state index in [2.05, 4.69) is 27.9 Å². The number of carbonyl (C=O) groups is 1. The summed E-state index contributed by atoms with van der Waals surface area (Å²) < 4.78 is 1.13. The Morgan fingerprint density at radius 1 is 1.24 bits per heavy atom. The van der Waals surface area contributed by atoms with Crippen molar-refractivity contribution >= 4 is 51.7 Å². The van der Waals surface area contributed by atoms with Gasteiger partial charge in [-0.2, -0.15) is 0 Å². The number of hydrogen-bond acceptors (Lipinski definition) is 1. The Kier molecular flexibility index (Phi) is 7.23. The van der Waals surface area contributed by atoms with Gasteiger partial charge in [0.15, 0.2) is 0 Å². The van der Waals surface area contributed by atoms with Gasteiger partial charge in [-0.3, -0.25) is 4.79 Å². The van der Waals surface area contributed by atoms with Gasteiger partial charge in [0, 0.05) is 6.54 Å². The molecule has 1 amide bonds. The van der Waals surface area contributed by atoms with Crippen LogP contribution in [-0.2, 0) is 11.2 Å². The average molecular weight is 386 g/mol. The lowest BCUT2D eigenvalue weighted by Gasteiger charge is -2.05. The topological polar surface area (TPSA) is 29.1 Å². The van der Waals surface area contributed by atoms with Gasteiger partial charge in [0.2, 0.25) is 5.91 Å². The van der Waals surface area contributed by atoms with E-state index in [0.29, 0.717) is 16.5 Å². The summed E-state index contributed by atoms with van der Waals surface area (Å²) in [5.41, 5.74) is 0.880. The number of alkyl halides is 1. The first kappa shape index (κ1) is 15.1. The summed E-state index contributed by atoms with van der Waals surface area (Å²) >= 11 is 14.0. The Morgan fingerprint density at radius 2 is 2.00 bits per heavy atom. The maximum atomic E-state index is 11.6. The smallest absolute Gasteiger partial charge is 0.224 e. The first-order valence-electron chi connectivity index (χ1n) is 5.40. The van der Waals surface area contributed by atoms with Crippen molar-refractivity contribution in [2.24, 2.45) is 0 Å².